The smallest absolute Gasteiger partial charge is 0.338 e. The van der Waals surface area contributed by atoms with Crippen LogP contribution in [0.4, 0.5) is 5.69 Å². The summed E-state index contributed by atoms with van der Waals surface area (Å²) < 4.78 is 6.17. The van der Waals surface area contributed by atoms with E-state index in [1.807, 2.05) is 48.7 Å². The molecule has 0 atom stereocenters. The van der Waals surface area contributed by atoms with Gasteiger partial charge in [-0.2, -0.15) is 0 Å². The number of para-hydroxylation sites is 1. The van der Waals surface area contributed by atoms with Crippen molar-refractivity contribution in [2.24, 2.45) is 4.99 Å². The monoisotopic (exact) mass is 347 g/mol. The summed E-state index contributed by atoms with van der Waals surface area (Å²) in [5, 5.41) is 0. The second-order valence-corrected chi connectivity index (χ2v) is 6.74. The first-order valence-electron chi connectivity index (χ1n) is 8.96. The number of rotatable bonds is 1. The van der Waals surface area contributed by atoms with E-state index < -0.39 is 0 Å². The number of pyridine rings is 1. The first-order valence-corrected chi connectivity index (χ1v) is 8.96. The van der Waals surface area contributed by atoms with Crippen LogP contribution in [0.15, 0.2) is 90.2 Å². The molecule has 0 unspecified atom stereocenters. The van der Waals surface area contributed by atoms with Gasteiger partial charge in [0.15, 0.2) is 0 Å². The lowest BCUT2D eigenvalue weighted by Gasteiger charge is -2.38. The van der Waals surface area contributed by atoms with E-state index in [0.717, 1.165) is 45.2 Å². The lowest BCUT2D eigenvalue weighted by atomic mass is 9.46. The van der Waals surface area contributed by atoms with E-state index in [1.165, 1.54) is 0 Å². The van der Waals surface area contributed by atoms with E-state index in [2.05, 4.69) is 46.3 Å². The third-order valence-corrected chi connectivity index (χ3v) is 5.18. The number of ether oxygens (including phenoxy) is 1. The number of aromatic nitrogens is 1. The number of amidine groups is 1. The molecule has 0 radical (unpaired) electrons. The third kappa shape index (κ3) is 2.12. The van der Waals surface area contributed by atoms with Crippen LogP contribution in [0, 0.1) is 0 Å². The van der Waals surface area contributed by atoms with E-state index in [0.29, 0.717) is 0 Å². The molecule has 6 rings (SSSR count). The summed E-state index contributed by atoms with van der Waals surface area (Å²) >= 11 is 0. The highest BCUT2D eigenvalue weighted by Gasteiger charge is 2.41. The summed E-state index contributed by atoms with van der Waals surface area (Å²) in [5.41, 5.74) is 5.26. The average molecular weight is 347 g/mol. The maximum Gasteiger partial charge on any atom is 0.338 e. The summed E-state index contributed by atoms with van der Waals surface area (Å²) in [6, 6.07) is 20.3. The van der Waals surface area contributed by atoms with E-state index in [4.69, 9.17) is 9.73 Å². The van der Waals surface area contributed by atoms with Crippen molar-refractivity contribution in [3.8, 4) is 11.5 Å². The molecule has 4 nitrogen and oxygen atoms in total. The molecule has 1 aromatic heterocycles. The second kappa shape index (κ2) is 5.45. The molecule has 0 saturated carbocycles. The Hall–Kier alpha value is -3.60. The SMILES string of the molecule is C1=CC2=Nc3cccc4c3B(c3ccccc3O4)N2C=C1c1ccccn1. The molecule has 4 heterocycles. The van der Waals surface area contributed by atoms with Gasteiger partial charge >= 0.3 is 6.85 Å². The van der Waals surface area contributed by atoms with Gasteiger partial charge in [-0.05, 0) is 47.9 Å². The Labute approximate surface area is 157 Å². The van der Waals surface area contributed by atoms with Crippen LogP contribution in [0.3, 0.4) is 0 Å². The molecule has 3 aliphatic heterocycles. The standard InChI is InChI=1S/C22H14BN3O/c1-2-9-19-16(6-1)23-22-18(8-5-10-20(22)27-19)25-21-12-11-15(14-26(21)23)17-7-3-4-13-24-17/h1-14H. The minimum Gasteiger partial charge on any atom is -0.458 e. The number of allylic oxidation sites excluding steroid dienone is 2. The van der Waals surface area contributed by atoms with Gasteiger partial charge in [-0.15, -0.1) is 0 Å². The highest BCUT2D eigenvalue weighted by atomic mass is 16.5. The van der Waals surface area contributed by atoms with Gasteiger partial charge in [0.1, 0.15) is 17.3 Å². The number of aliphatic imine (C=N–C) groups is 1. The zero-order valence-electron chi connectivity index (χ0n) is 14.4. The lowest BCUT2D eigenvalue weighted by molar-refractivity contribution is 0.485. The second-order valence-electron chi connectivity index (χ2n) is 6.74. The predicted octanol–water partition coefficient (Wildman–Crippen LogP) is 3.25. The summed E-state index contributed by atoms with van der Waals surface area (Å²) in [6.45, 7) is 0.0392. The molecule has 27 heavy (non-hydrogen) atoms. The van der Waals surface area contributed by atoms with Crippen molar-refractivity contribution in [1.82, 2.24) is 9.79 Å². The zero-order valence-corrected chi connectivity index (χ0v) is 14.4. The van der Waals surface area contributed by atoms with Crippen molar-refractivity contribution in [3.05, 3.63) is 90.9 Å². The molecule has 2 aromatic carbocycles. The topological polar surface area (TPSA) is 37.7 Å². The Kier molecular flexibility index (Phi) is 2.94. The minimum absolute atomic E-state index is 0.0392. The lowest BCUT2D eigenvalue weighted by Crippen LogP contribution is -2.60. The van der Waals surface area contributed by atoms with Crippen molar-refractivity contribution in [3.63, 3.8) is 0 Å². The zero-order chi connectivity index (χ0) is 17.8. The molecule has 0 saturated heterocycles. The molecular weight excluding hydrogens is 333 g/mol. The van der Waals surface area contributed by atoms with Crippen LogP contribution in [0.1, 0.15) is 5.69 Å². The molecule has 3 aliphatic rings. The molecular formula is C22H14BN3O. The van der Waals surface area contributed by atoms with Crippen LogP contribution < -0.4 is 15.7 Å². The van der Waals surface area contributed by atoms with Crippen LogP contribution >= 0.6 is 0 Å². The molecule has 0 aliphatic carbocycles. The van der Waals surface area contributed by atoms with Gasteiger partial charge in [0, 0.05) is 23.4 Å². The number of nitrogens with zero attached hydrogens (tertiary/aromatic N) is 3. The largest absolute Gasteiger partial charge is 0.458 e. The Morgan fingerprint density at radius 2 is 1.74 bits per heavy atom. The summed E-state index contributed by atoms with van der Waals surface area (Å²) in [5.74, 6) is 2.71. The van der Waals surface area contributed by atoms with Gasteiger partial charge in [-0.1, -0.05) is 30.3 Å². The van der Waals surface area contributed by atoms with Crippen molar-refractivity contribution >= 4 is 34.9 Å². The van der Waals surface area contributed by atoms with Crippen LogP contribution in [0.25, 0.3) is 5.57 Å². The maximum atomic E-state index is 6.17. The van der Waals surface area contributed by atoms with Crippen molar-refractivity contribution in [1.29, 1.82) is 0 Å². The Morgan fingerprint density at radius 1 is 0.852 bits per heavy atom. The first-order chi connectivity index (χ1) is 13.4. The van der Waals surface area contributed by atoms with E-state index in [-0.39, 0.29) is 6.85 Å². The Balaban J connectivity index is 1.58. The molecule has 0 bridgehead atoms. The summed E-state index contributed by atoms with van der Waals surface area (Å²) in [6.07, 6.45) is 8.12. The van der Waals surface area contributed by atoms with Gasteiger partial charge in [0.2, 0.25) is 0 Å². The summed E-state index contributed by atoms with van der Waals surface area (Å²) in [7, 11) is 0. The fourth-order valence-corrected chi connectivity index (χ4v) is 3.98. The number of fused-ring (bicyclic) bond motifs is 4. The van der Waals surface area contributed by atoms with Crippen LogP contribution in [-0.2, 0) is 0 Å². The van der Waals surface area contributed by atoms with Crippen molar-refractivity contribution in [2.75, 3.05) is 0 Å². The minimum atomic E-state index is 0.0392. The molecule has 126 valence electrons. The van der Waals surface area contributed by atoms with Gasteiger partial charge in [-0.25, -0.2) is 4.99 Å². The fourth-order valence-electron chi connectivity index (χ4n) is 3.98. The molecule has 5 heteroatoms. The first kappa shape index (κ1) is 14.6. The van der Waals surface area contributed by atoms with Crippen molar-refractivity contribution < 1.29 is 4.74 Å². The number of hydrogen-bond acceptors (Lipinski definition) is 4. The van der Waals surface area contributed by atoms with Gasteiger partial charge < -0.3 is 9.55 Å². The van der Waals surface area contributed by atoms with E-state index in [9.17, 15) is 0 Å². The van der Waals surface area contributed by atoms with Crippen molar-refractivity contribution in [2.45, 2.75) is 0 Å². The number of benzene rings is 2. The fraction of sp³-hybridized carbons (Fsp3) is 0. The average Bonchev–Trinajstić information content (AvgIpc) is 2.74. The van der Waals surface area contributed by atoms with E-state index in [1.54, 1.807) is 0 Å². The molecule has 0 fully saturated rings. The number of hydrogen-bond donors (Lipinski definition) is 0. The van der Waals surface area contributed by atoms with Gasteiger partial charge in [0.05, 0.1) is 11.4 Å². The molecule has 0 N–H and O–H groups in total. The maximum absolute atomic E-state index is 6.17. The predicted molar refractivity (Wildman–Crippen MR) is 108 cm³/mol. The van der Waals surface area contributed by atoms with Crippen LogP contribution in [0.5, 0.6) is 11.5 Å². The Bertz CT molecular complexity index is 1170. The highest BCUT2D eigenvalue weighted by Crippen LogP contribution is 2.34. The third-order valence-electron chi connectivity index (χ3n) is 5.18. The summed E-state index contributed by atoms with van der Waals surface area (Å²) in [4.78, 5) is 11.6. The Morgan fingerprint density at radius 3 is 2.67 bits per heavy atom. The van der Waals surface area contributed by atoms with E-state index >= 15 is 0 Å². The van der Waals surface area contributed by atoms with Gasteiger partial charge in [0.25, 0.3) is 0 Å². The molecule has 0 spiro atoms. The van der Waals surface area contributed by atoms with Gasteiger partial charge in [-0.3, -0.25) is 4.98 Å². The molecule has 0 amide bonds. The van der Waals surface area contributed by atoms with Crippen LogP contribution in [0.2, 0.25) is 0 Å². The highest BCUT2D eigenvalue weighted by molar-refractivity contribution is 6.88. The molecule has 3 aromatic rings. The normalized spacial score (nSPS) is 15.9. The quantitative estimate of drug-likeness (QED) is 0.635. The van der Waals surface area contributed by atoms with Crippen LogP contribution in [-0.4, -0.2) is 22.5 Å².